The van der Waals surface area contributed by atoms with Crippen LogP contribution in [0, 0.1) is 18.3 Å². The second kappa shape index (κ2) is 5.38. The molecule has 20 heavy (non-hydrogen) atoms. The maximum atomic E-state index is 12.8. The molecular weight excluding hydrogens is 272 g/mol. The zero-order valence-electron chi connectivity index (χ0n) is 11.8. The number of hydrogen-bond donors (Lipinski definition) is 2. The zero-order valence-corrected chi connectivity index (χ0v) is 12.6. The van der Waals surface area contributed by atoms with Crippen molar-refractivity contribution in [2.75, 3.05) is 18.4 Å². The third-order valence-corrected chi connectivity index (χ3v) is 5.16. The van der Waals surface area contributed by atoms with Gasteiger partial charge in [0.2, 0.25) is 5.91 Å². The van der Waals surface area contributed by atoms with Gasteiger partial charge in [-0.15, -0.1) is 0 Å². The van der Waals surface area contributed by atoms with Crippen molar-refractivity contribution >= 4 is 23.2 Å². The lowest BCUT2D eigenvalue weighted by Gasteiger charge is -2.37. The molecule has 2 fully saturated rings. The fourth-order valence-electron chi connectivity index (χ4n) is 3.70. The third kappa shape index (κ3) is 2.33. The monoisotopic (exact) mass is 292 g/mol. The Labute approximate surface area is 125 Å². The van der Waals surface area contributed by atoms with Crippen LogP contribution in [-0.2, 0) is 4.79 Å². The summed E-state index contributed by atoms with van der Waals surface area (Å²) >= 11 is 5.97. The number of aryl methyl sites for hydroxylation is 1. The molecule has 1 aliphatic carbocycles. The van der Waals surface area contributed by atoms with Gasteiger partial charge >= 0.3 is 0 Å². The average Bonchev–Trinajstić information content (AvgIpc) is 2.87. The summed E-state index contributed by atoms with van der Waals surface area (Å²) in [4.78, 5) is 12.8. The largest absolute Gasteiger partial charge is 0.325 e. The van der Waals surface area contributed by atoms with E-state index in [2.05, 4.69) is 10.6 Å². The molecule has 1 aromatic rings. The number of rotatable bonds is 2. The quantitative estimate of drug-likeness (QED) is 0.877. The molecule has 1 heterocycles. The molecule has 108 valence electrons. The topological polar surface area (TPSA) is 41.1 Å². The zero-order chi connectivity index (χ0) is 14.2. The summed E-state index contributed by atoms with van der Waals surface area (Å²) in [5, 5.41) is 7.25. The molecule has 3 rings (SSSR count). The van der Waals surface area contributed by atoms with Gasteiger partial charge in [-0.1, -0.05) is 24.4 Å². The van der Waals surface area contributed by atoms with Gasteiger partial charge in [0, 0.05) is 17.3 Å². The smallest absolute Gasteiger partial charge is 0.232 e. The molecule has 1 aromatic carbocycles. The molecule has 0 spiro atoms. The minimum absolute atomic E-state index is 0.178. The minimum atomic E-state index is -0.204. The highest BCUT2D eigenvalue weighted by molar-refractivity contribution is 6.30. The molecule has 0 bridgehead atoms. The standard InChI is InChI=1S/C16H21ClN2O/c1-11-8-13(17)5-6-14(11)19-15(20)16-7-3-2-4-12(16)9-18-10-16/h5-6,8,12,18H,2-4,7,9-10H2,1H3,(H,19,20)/t12-,16+/m0/s1. The van der Waals surface area contributed by atoms with Crippen molar-refractivity contribution in [1.29, 1.82) is 0 Å². The Balaban J connectivity index is 1.81. The van der Waals surface area contributed by atoms with Crippen LogP contribution in [0.3, 0.4) is 0 Å². The normalized spacial score (nSPS) is 29.0. The molecule has 1 saturated carbocycles. The van der Waals surface area contributed by atoms with E-state index in [1.807, 2.05) is 25.1 Å². The van der Waals surface area contributed by atoms with Gasteiger partial charge in [0.25, 0.3) is 0 Å². The van der Waals surface area contributed by atoms with Crippen molar-refractivity contribution in [2.24, 2.45) is 11.3 Å². The van der Waals surface area contributed by atoms with Gasteiger partial charge in [-0.25, -0.2) is 0 Å². The van der Waals surface area contributed by atoms with Crippen LogP contribution in [0.2, 0.25) is 5.02 Å². The SMILES string of the molecule is Cc1cc(Cl)ccc1NC(=O)[C@@]12CCCC[C@H]1CNC2. The van der Waals surface area contributed by atoms with Crippen LogP contribution in [0.5, 0.6) is 0 Å². The van der Waals surface area contributed by atoms with E-state index in [0.717, 1.165) is 37.2 Å². The molecule has 3 nitrogen and oxygen atoms in total. The first-order valence-corrected chi connectivity index (χ1v) is 7.78. The number of carbonyl (C=O) groups is 1. The van der Waals surface area contributed by atoms with E-state index in [1.165, 1.54) is 12.8 Å². The summed E-state index contributed by atoms with van der Waals surface area (Å²) in [7, 11) is 0. The molecular formula is C16H21ClN2O. The van der Waals surface area contributed by atoms with E-state index < -0.39 is 0 Å². The molecule has 1 aliphatic heterocycles. The number of hydrogen-bond acceptors (Lipinski definition) is 2. The van der Waals surface area contributed by atoms with Crippen molar-refractivity contribution in [1.82, 2.24) is 5.32 Å². The molecule has 1 amide bonds. The molecule has 2 aliphatic rings. The predicted molar refractivity (Wildman–Crippen MR) is 82.1 cm³/mol. The second-order valence-corrected chi connectivity index (χ2v) is 6.58. The highest BCUT2D eigenvalue weighted by Crippen LogP contribution is 2.44. The maximum Gasteiger partial charge on any atom is 0.232 e. The van der Waals surface area contributed by atoms with E-state index in [9.17, 15) is 4.79 Å². The lowest BCUT2D eigenvalue weighted by molar-refractivity contribution is -0.128. The Kier molecular flexibility index (Phi) is 3.74. The van der Waals surface area contributed by atoms with Crippen LogP contribution in [0.1, 0.15) is 31.2 Å². The van der Waals surface area contributed by atoms with Crippen LogP contribution in [0.15, 0.2) is 18.2 Å². The Morgan fingerprint density at radius 2 is 2.30 bits per heavy atom. The number of nitrogens with one attached hydrogen (secondary N) is 2. The van der Waals surface area contributed by atoms with E-state index in [-0.39, 0.29) is 11.3 Å². The highest BCUT2D eigenvalue weighted by atomic mass is 35.5. The Hall–Kier alpha value is -1.06. The number of anilines is 1. The van der Waals surface area contributed by atoms with Crippen LogP contribution in [-0.4, -0.2) is 19.0 Å². The van der Waals surface area contributed by atoms with Gasteiger partial charge < -0.3 is 10.6 Å². The van der Waals surface area contributed by atoms with E-state index >= 15 is 0 Å². The molecule has 0 radical (unpaired) electrons. The van der Waals surface area contributed by atoms with Crippen LogP contribution in [0.25, 0.3) is 0 Å². The Bertz CT molecular complexity index is 531. The van der Waals surface area contributed by atoms with Crippen molar-refractivity contribution in [3.05, 3.63) is 28.8 Å². The van der Waals surface area contributed by atoms with E-state index in [0.29, 0.717) is 10.9 Å². The summed E-state index contributed by atoms with van der Waals surface area (Å²) in [6.45, 7) is 3.77. The fourth-order valence-corrected chi connectivity index (χ4v) is 3.93. The Morgan fingerprint density at radius 1 is 1.45 bits per heavy atom. The minimum Gasteiger partial charge on any atom is -0.325 e. The number of carbonyl (C=O) groups excluding carboxylic acids is 1. The van der Waals surface area contributed by atoms with Crippen molar-refractivity contribution in [3.8, 4) is 0 Å². The number of fused-ring (bicyclic) bond motifs is 1. The predicted octanol–water partition coefficient (Wildman–Crippen LogP) is 3.37. The first-order valence-electron chi connectivity index (χ1n) is 7.40. The summed E-state index contributed by atoms with van der Waals surface area (Å²) in [6.07, 6.45) is 4.58. The van der Waals surface area contributed by atoms with Gasteiger partial charge in [-0.2, -0.15) is 0 Å². The lowest BCUT2D eigenvalue weighted by atomic mass is 9.67. The Morgan fingerprint density at radius 3 is 3.10 bits per heavy atom. The van der Waals surface area contributed by atoms with Gasteiger partial charge in [0.1, 0.15) is 0 Å². The van der Waals surface area contributed by atoms with Crippen molar-refractivity contribution in [3.63, 3.8) is 0 Å². The number of benzene rings is 1. The molecule has 2 atom stereocenters. The molecule has 2 N–H and O–H groups in total. The summed E-state index contributed by atoms with van der Waals surface area (Å²) in [5.74, 6) is 0.668. The van der Waals surface area contributed by atoms with Crippen LogP contribution >= 0.6 is 11.6 Å². The van der Waals surface area contributed by atoms with Crippen LogP contribution < -0.4 is 10.6 Å². The average molecular weight is 293 g/mol. The molecule has 0 aromatic heterocycles. The van der Waals surface area contributed by atoms with Gasteiger partial charge in [-0.3, -0.25) is 4.79 Å². The first-order chi connectivity index (χ1) is 9.62. The van der Waals surface area contributed by atoms with Gasteiger partial charge in [0.15, 0.2) is 0 Å². The highest BCUT2D eigenvalue weighted by Gasteiger charge is 2.49. The maximum absolute atomic E-state index is 12.8. The van der Waals surface area contributed by atoms with Crippen molar-refractivity contribution < 1.29 is 4.79 Å². The fraction of sp³-hybridized carbons (Fsp3) is 0.562. The third-order valence-electron chi connectivity index (χ3n) is 4.93. The number of amides is 1. The summed E-state index contributed by atoms with van der Waals surface area (Å²) in [5.41, 5.74) is 1.69. The van der Waals surface area contributed by atoms with Crippen LogP contribution in [0.4, 0.5) is 5.69 Å². The van der Waals surface area contributed by atoms with Crippen molar-refractivity contribution in [2.45, 2.75) is 32.6 Å². The number of halogens is 1. The summed E-state index contributed by atoms with van der Waals surface area (Å²) < 4.78 is 0. The molecule has 0 unspecified atom stereocenters. The van der Waals surface area contributed by atoms with Gasteiger partial charge in [0.05, 0.1) is 5.41 Å². The molecule has 4 heteroatoms. The van der Waals surface area contributed by atoms with E-state index in [1.54, 1.807) is 0 Å². The first kappa shape index (κ1) is 13.9. The summed E-state index contributed by atoms with van der Waals surface area (Å²) in [6, 6.07) is 5.61. The molecule has 1 saturated heterocycles. The van der Waals surface area contributed by atoms with E-state index in [4.69, 9.17) is 11.6 Å². The second-order valence-electron chi connectivity index (χ2n) is 6.14. The van der Waals surface area contributed by atoms with Gasteiger partial charge in [-0.05, 0) is 56.0 Å². The lowest BCUT2D eigenvalue weighted by Crippen LogP contribution is -2.44.